The summed E-state index contributed by atoms with van der Waals surface area (Å²) < 4.78 is 43.4. The summed E-state index contributed by atoms with van der Waals surface area (Å²) in [5.41, 5.74) is -0.828. The minimum atomic E-state index is -4.45. The van der Waals surface area contributed by atoms with Crippen LogP contribution in [-0.4, -0.2) is 19.1 Å². The van der Waals surface area contributed by atoms with E-state index in [1.165, 1.54) is 12.1 Å². The highest BCUT2D eigenvalue weighted by Crippen LogP contribution is 2.36. The van der Waals surface area contributed by atoms with Gasteiger partial charge >= 0.3 is 12.1 Å². The molecule has 0 spiro atoms. The molecule has 0 heterocycles. The Balaban J connectivity index is 2.71. The first-order valence-electron chi connectivity index (χ1n) is 5.61. The number of carbonyl (C=O) groups excluding carboxylic acids is 1. The maximum atomic E-state index is 12.8. The van der Waals surface area contributed by atoms with Gasteiger partial charge in [-0.25, -0.2) is 0 Å². The van der Waals surface area contributed by atoms with Crippen molar-refractivity contribution in [1.29, 1.82) is 0 Å². The van der Waals surface area contributed by atoms with Crippen LogP contribution >= 0.6 is 15.9 Å². The number of halogens is 4. The van der Waals surface area contributed by atoms with E-state index in [0.717, 1.165) is 6.07 Å². The Labute approximate surface area is 117 Å². The molecule has 0 atom stereocenters. The summed E-state index contributed by atoms with van der Waals surface area (Å²) >= 11 is 3.00. The molecule has 0 aliphatic carbocycles. The number of esters is 1. The zero-order chi connectivity index (χ0) is 14.5. The van der Waals surface area contributed by atoms with Gasteiger partial charge in [0.2, 0.25) is 0 Å². The molecule has 0 bridgehead atoms. The molecule has 0 saturated heterocycles. The fourth-order valence-electron chi connectivity index (χ4n) is 1.44. The minimum Gasteiger partial charge on any atom is -0.466 e. The van der Waals surface area contributed by atoms with Crippen LogP contribution in [0.1, 0.15) is 18.9 Å². The zero-order valence-electron chi connectivity index (χ0n) is 10.2. The predicted octanol–water partition coefficient (Wildman–Crippen LogP) is 3.83. The predicted molar refractivity (Wildman–Crippen MR) is 68.9 cm³/mol. The highest BCUT2D eigenvalue weighted by Gasteiger charge is 2.33. The molecular weight excluding hydrogens is 327 g/mol. The first-order valence-corrected chi connectivity index (χ1v) is 6.40. The lowest BCUT2D eigenvalue weighted by Crippen LogP contribution is -2.15. The number of ether oxygens (including phenoxy) is 1. The van der Waals surface area contributed by atoms with Crippen molar-refractivity contribution in [2.75, 3.05) is 18.5 Å². The number of nitrogens with one attached hydrogen (secondary N) is 1. The van der Waals surface area contributed by atoms with Gasteiger partial charge in [0.15, 0.2) is 0 Å². The molecule has 0 radical (unpaired) electrons. The van der Waals surface area contributed by atoms with E-state index in [-0.39, 0.29) is 25.3 Å². The highest BCUT2D eigenvalue weighted by molar-refractivity contribution is 9.10. The zero-order valence-corrected chi connectivity index (χ0v) is 11.8. The molecule has 3 nitrogen and oxygen atoms in total. The largest absolute Gasteiger partial charge is 0.466 e. The molecule has 1 aromatic rings. The van der Waals surface area contributed by atoms with Gasteiger partial charge in [0.25, 0.3) is 0 Å². The van der Waals surface area contributed by atoms with Gasteiger partial charge in [-0.05, 0) is 25.1 Å². The number of rotatable bonds is 5. The molecule has 0 unspecified atom stereocenters. The van der Waals surface area contributed by atoms with Gasteiger partial charge in [0, 0.05) is 16.7 Å². The van der Waals surface area contributed by atoms with Gasteiger partial charge < -0.3 is 10.1 Å². The lowest BCUT2D eigenvalue weighted by Gasteiger charge is -2.14. The summed E-state index contributed by atoms with van der Waals surface area (Å²) in [6.07, 6.45) is -4.43. The van der Waals surface area contributed by atoms with Crippen molar-refractivity contribution >= 4 is 27.6 Å². The van der Waals surface area contributed by atoms with Gasteiger partial charge in [-0.15, -0.1) is 0 Å². The van der Waals surface area contributed by atoms with E-state index >= 15 is 0 Å². The van der Waals surface area contributed by atoms with Crippen molar-refractivity contribution in [2.45, 2.75) is 19.5 Å². The van der Waals surface area contributed by atoms with Crippen LogP contribution < -0.4 is 5.32 Å². The smallest absolute Gasteiger partial charge is 0.418 e. The Morgan fingerprint density at radius 2 is 2.11 bits per heavy atom. The lowest BCUT2D eigenvalue weighted by atomic mass is 10.1. The van der Waals surface area contributed by atoms with Gasteiger partial charge in [0.1, 0.15) is 0 Å². The molecule has 19 heavy (non-hydrogen) atoms. The van der Waals surface area contributed by atoms with E-state index in [0.29, 0.717) is 4.47 Å². The third kappa shape index (κ3) is 5.10. The summed E-state index contributed by atoms with van der Waals surface area (Å²) in [6, 6.07) is 3.81. The van der Waals surface area contributed by atoms with Gasteiger partial charge in [-0.1, -0.05) is 15.9 Å². The third-order valence-corrected chi connectivity index (χ3v) is 2.73. The lowest BCUT2D eigenvalue weighted by molar-refractivity contribution is -0.142. The molecular formula is C12H13BrF3NO2. The van der Waals surface area contributed by atoms with E-state index in [1.54, 1.807) is 6.92 Å². The van der Waals surface area contributed by atoms with Gasteiger partial charge in [-0.3, -0.25) is 4.79 Å². The van der Waals surface area contributed by atoms with Crippen LogP contribution in [0.3, 0.4) is 0 Å². The molecule has 1 N–H and O–H groups in total. The van der Waals surface area contributed by atoms with Crippen molar-refractivity contribution in [3.8, 4) is 0 Å². The van der Waals surface area contributed by atoms with Crippen LogP contribution in [-0.2, 0) is 15.7 Å². The molecule has 0 aliphatic rings. The van der Waals surface area contributed by atoms with Crippen molar-refractivity contribution in [3.63, 3.8) is 0 Å². The summed E-state index contributed by atoms with van der Waals surface area (Å²) in [6.45, 7) is 2.01. The highest BCUT2D eigenvalue weighted by atomic mass is 79.9. The molecule has 0 saturated carbocycles. The quantitative estimate of drug-likeness (QED) is 0.828. The fraction of sp³-hybridized carbons (Fsp3) is 0.417. The standard InChI is InChI=1S/C12H13BrF3NO2/c1-2-19-11(18)5-6-17-10-4-3-8(13)7-9(10)12(14,15)16/h3-4,7,17H,2,5-6H2,1H3. The van der Waals surface area contributed by atoms with Crippen LogP contribution in [0.15, 0.2) is 22.7 Å². The second kappa shape index (κ2) is 6.79. The second-order valence-corrected chi connectivity index (χ2v) is 4.59. The van der Waals surface area contributed by atoms with Crippen LogP contribution in [0.5, 0.6) is 0 Å². The topological polar surface area (TPSA) is 38.3 Å². The van der Waals surface area contributed by atoms with Gasteiger partial charge in [0.05, 0.1) is 18.6 Å². The normalized spacial score (nSPS) is 11.2. The monoisotopic (exact) mass is 339 g/mol. The number of anilines is 1. The summed E-state index contributed by atoms with van der Waals surface area (Å²) in [5, 5.41) is 2.59. The van der Waals surface area contributed by atoms with Crippen molar-refractivity contribution in [2.24, 2.45) is 0 Å². The molecule has 1 aromatic carbocycles. The Morgan fingerprint density at radius 3 is 2.68 bits per heavy atom. The number of carbonyl (C=O) groups is 1. The summed E-state index contributed by atoms with van der Waals surface area (Å²) in [7, 11) is 0. The van der Waals surface area contributed by atoms with Crippen molar-refractivity contribution < 1.29 is 22.7 Å². The van der Waals surface area contributed by atoms with E-state index in [2.05, 4.69) is 26.0 Å². The average molecular weight is 340 g/mol. The van der Waals surface area contributed by atoms with Crippen molar-refractivity contribution in [1.82, 2.24) is 0 Å². The number of benzene rings is 1. The molecule has 0 amide bonds. The number of alkyl halides is 3. The van der Waals surface area contributed by atoms with Crippen molar-refractivity contribution in [3.05, 3.63) is 28.2 Å². The Morgan fingerprint density at radius 1 is 1.42 bits per heavy atom. The maximum Gasteiger partial charge on any atom is 0.418 e. The Hall–Kier alpha value is -1.24. The molecule has 0 aromatic heterocycles. The van der Waals surface area contributed by atoms with Crippen LogP contribution in [0.4, 0.5) is 18.9 Å². The fourth-order valence-corrected chi connectivity index (χ4v) is 1.80. The van der Waals surface area contributed by atoms with E-state index in [9.17, 15) is 18.0 Å². The number of hydrogen-bond donors (Lipinski definition) is 1. The second-order valence-electron chi connectivity index (χ2n) is 3.67. The van der Waals surface area contributed by atoms with Crippen LogP contribution in [0.2, 0.25) is 0 Å². The Kier molecular flexibility index (Phi) is 5.65. The van der Waals surface area contributed by atoms with E-state index in [1.807, 2.05) is 0 Å². The average Bonchev–Trinajstić information content (AvgIpc) is 2.30. The SMILES string of the molecule is CCOC(=O)CCNc1ccc(Br)cc1C(F)(F)F. The van der Waals surface area contributed by atoms with Crippen LogP contribution in [0.25, 0.3) is 0 Å². The first kappa shape index (κ1) is 15.8. The first-order chi connectivity index (χ1) is 8.84. The summed E-state index contributed by atoms with van der Waals surface area (Å²) in [4.78, 5) is 11.1. The molecule has 0 aliphatic heterocycles. The summed E-state index contributed by atoms with van der Waals surface area (Å²) in [5.74, 6) is -0.444. The van der Waals surface area contributed by atoms with Crippen LogP contribution in [0, 0.1) is 0 Å². The molecule has 106 valence electrons. The van der Waals surface area contributed by atoms with E-state index in [4.69, 9.17) is 0 Å². The minimum absolute atomic E-state index is 0.0151. The maximum absolute atomic E-state index is 12.8. The number of hydrogen-bond acceptors (Lipinski definition) is 3. The molecule has 7 heteroatoms. The van der Waals surface area contributed by atoms with E-state index < -0.39 is 17.7 Å². The van der Waals surface area contributed by atoms with Gasteiger partial charge in [-0.2, -0.15) is 13.2 Å². The molecule has 0 fully saturated rings. The third-order valence-electron chi connectivity index (χ3n) is 2.24. The molecule has 1 rings (SSSR count). The Bertz CT molecular complexity index is 449.